The van der Waals surface area contributed by atoms with Gasteiger partial charge in [-0.25, -0.2) is 4.72 Å². The summed E-state index contributed by atoms with van der Waals surface area (Å²) in [6.45, 7) is 2.10. The maximum Gasteiger partial charge on any atom is 0.416 e. The first-order valence-corrected chi connectivity index (χ1v) is 6.49. The molecule has 0 unspecified atom stereocenters. The minimum Gasteiger partial charge on any atom is -0.274 e. The first-order chi connectivity index (χ1) is 8.53. The quantitative estimate of drug-likeness (QED) is 0.893. The number of hydrogen-bond acceptors (Lipinski definition) is 3. The highest BCUT2D eigenvalue weighted by Gasteiger charge is 2.33. The van der Waals surface area contributed by atoms with Crippen LogP contribution in [0.1, 0.15) is 18.1 Å². The lowest BCUT2D eigenvalue weighted by molar-refractivity contribution is -0.138. The van der Waals surface area contributed by atoms with Gasteiger partial charge < -0.3 is 0 Å². The Bertz CT molecular complexity index is 597. The van der Waals surface area contributed by atoms with Crippen LogP contribution in [0.25, 0.3) is 0 Å². The molecule has 2 N–H and O–H groups in total. The molecule has 0 saturated heterocycles. The zero-order chi connectivity index (χ0) is 14.8. The van der Waals surface area contributed by atoms with E-state index in [1.807, 2.05) is 4.72 Å². The highest BCUT2D eigenvalue weighted by Crippen LogP contribution is 2.34. The lowest BCUT2D eigenvalue weighted by Crippen LogP contribution is -2.33. The van der Waals surface area contributed by atoms with Crippen LogP contribution in [0.4, 0.5) is 18.9 Å². The van der Waals surface area contributed by atoms with Crippen LogP contribution in [0, 0.1) is 6.92 Å². The van der Waals surface area contributed by atoms with E-state index in [9.17, 15) is 26.4 Å². The molecule has 1 rings (SSSR count). The summed E-state index contributed by atoms with van der Waals surface area (Å²) in [6.07, 6.45) is -4.58. The van der Waals surface area contributed by atoms with Crippen molar-refractivity contribution in [2.45, 2.75) is 20.0 Å². The monoisotopic (exact) mass is 296 g/mol. The van der Waals surface area contributed by atoms with Gasteiger partial charge in [-0.15, -0.1) is 0 Å². The molecule has 0 aliphatic rings. The third kappa shape index (κ3) is 4.12. The van der Waals surface area contributed by atoms with Crippen LogP contribution in [0.3, 0.4) is 0 Å². The van der Waals surface area contributed by atoms with Crippen molar-refractivity contribution in [2.24, 2.45) is 0 Å². The van der Waals surface area contributed by atoms with Crippen LogP contribution >= 0.6 is 0 Å². The average molecular weight is 296 g/mol. The molecule has 0 heterocycles. The van der Waals surface area contributed by atoms with Crippen molar-refractivity contribution in [3.05, 3.63) is 29.3 Å². The third-order valence-corrected chi connectivity index (χ3v) is 3.21. The summed E-state index contributed by atoms with van der Waals surface area (Å²) in [5.74, 6) is -0.850. The van der Waals surface area contributed by atoms with E-state index in [2.05, 4.69) is 0 Å². The van der Waals surface area contributed by atoms with E-state index in [0.29, 0.717) is 0 Å². The number of nitrogens with one attached hydrogen (secondary N) is 2. The van der Waals surface area contributed by atoms with E-state index >= 15 is 0 Å². The molecule has 0 fully saturated rings. The number of anilines is 1. The molecule has 1 aromatic carbocycles. The van der Waals surface area contributed by atoms with Gasteiger partial charge >= 0.3 is 16.4 Å². The first kappa shape index (κ1) is 15.3. The van der Waals surface area contributed by atoms with E-state index in [4.69, 9.17) is 0 Å². The summed E-state index contributed by atoms with van der Waals surface area (Å²) in [7, 11) is -4.24. The Morgan fingerprint density at radius 3 is 2.32 bits per heavy atom. The van der Waals surface area contributed by atoms with Gasteiger partial charge in [0.25, 0.3) is 0 Å². The van der Waals surface area contributed by atoms with Crippen LogP contribution < -0.4 is 9.44 Å². The van der Waals surface area contributed by atoms with E-state index < -0.39 is 27.9 Å². The molecule has 1 aromatic rings. The second kappa shape index (κ2) is 5.08. The number of halogens is 3. The molecule has 0 bridgehead atoms. The van der Waals surface area contributed by atoms with Crippen molar-refractivity contribution < 1.29 is 26.4 Å². The maximum atomic E-state index is 12.6. The summed E-state index contributed by atoms with van der Waals surface area (Å²) < 4.78 is 64.1. The van der Waals surface area contributed by atoms with Gasteiger partial charge in [-0.1, -0.05) is 6.07 Å². The highest BCUT2D eigenvalue weighted by atomic mass is 32.2. The molecule has 106 valence electrons. The zero-order valence-corrected chi connectivity index (χ0v) is 10.8. The Kier molecular flexibility index (Phi) is 4.09. The lowest BCUT2D eigenvalue weighted by atomic mass is 10.1. The average Bonchev–Trinajstić information content (AvgIpc) is 2.16. The Labute approximate surface area is 108 Å². The van der Waals surface area contributed by atoms with E-state index in [-0.39, 0.29) is 11.3 Å². The lowest BCUT2D eigenvalue weighted by Gasteiger charge is -2.15. The Morgan fingerprint density at radius 2 is 1.84 bits per heavy atom. The fraction of sp³-hybridized carbons (Fsp3) is 0.300. The van der Waals surface area contributed by atoms with Gasteiger partial charge in [0.1, 0.15) is 0 Å². The molecule has 0 aromatic heterocycles. The summed E-state index contributed by atoms with van der Waals surface area (Å²) in [4.78, 5) is 10.7. The van der Waals surface area contributed by atoms with Gasteiger partial charge in [0.2, 0.25) is 5.91 Å². The molecule has 0 aliphatic carbocycles. The molecular weight excluding hydrogens is 285 g/mol. The number of benzene rings is 1. The molecule has 0 spiro atoms. The second-order valence-corrected chi connectivity index (χ2v) is 5.15. The van der Waals surface area contributed by atoms with Gasteiger partial charge in [-0.2, -0.15) is 21.6 Å². The summed E-state index contributed by atoms with van der Waals surface area (Å²) in [5.41, 5.74) is -1.47. The molecule has 9 heteroatoms. The number of hydrogen-bond donors (Lipinski definition) is 2. The Balaban J connectivity index is 3.14. The molecule has 19 heavy (non-hydrogen) atoms. The van der Waals surface area contributed by atoms with Gasteiger partial charge in [0, 0.05) is 6.92 Å². The summed E-state index contributed by atoms with van der Waals surface area (Å²) in [6, 6.07) is 3.08. The number of carbonyl (C=O) groups is 1. The van der Waals surface area contributed by atoms with Crippen molar-refractivity contribution in [3.8, 4) is 0 Å². The van der Waals surface area contributed by atoms with Crippen LogP contribution in [0.5, 0.6) is 0 Å². The Hall–Kier alpha value is -1.77. The molecular formula is C10H11F3N2O3S. The summed E-state index contributed by atoms with van der Waals surface area (Å²) >= 11 is 0. The predicted octanol–water partition coefficient (Wildman–Crippen LogP) is 1.81. The second-order valence-electron chi connectivity index (χ2n) is 3.74. The van der Waals surface area contributed by atoms with Gasteiger partial charge in [-0.05, 0) is 24.6 Å². The van der Waals surface area contributed by atoms with Gasteiger partial charge in [-0.3, -0.25) is 9.52 Å². The number of rotatable bonds is 3. The minimum atomic E-state index is -4.58. The zero-order valence-electron chi connectivity index (χ0n) is 10.00. The van der Waals surface area contributed by atoms with Crippen LogP contribution in [0.2, 0.25) is 0 Å². The maximum absolute atomic E-state index is 12.6. The van der Waals surface area contributed by atoms with Crippen LogP contribution in [0.15, 0.2) is 18.2 Å². The fourth-order valence-electron chi connectivity index (χ4n) is 1.41. The molecule has 0 saturated carbocycles. The molecule has 5 nitrogen and oxygen atoms in total. The van der Waals surface area contributed by atoms with E-state index in [1.54, 1.807) is 4.72 Å². The van der Waals surface area contributed by atoms with Crippen molar-refractivity contribution in [1.29, 1.82) is 0 Å². The standard InChI is InChI=1S/C10H11F3N2O3S/c1-6-8(10(11,12)13)4-3-5-9(6)15-19(17,18)14-7(2)16/h3-5,15H,1-2H3,(H,14,16). The smallest absolute Gasteiger partial charge is 0.274 e. The topological polar surface area (TPSA) is 75.3 Å². The molecule has 0 radical (unpaired) electrons. The van der Waals surface area contributed by atoms with Crippen molar-refractivity contribution in [2.75, 3.05) is 4.72 Å². The Morgan fingerprint density at radius 1 is 1.26 bits per heavy atom. The number of alkyl halides is 3. The van der Waals surface area contributed by atoms with Crippen LogP contribution in [-0.4, -0.2) is 14.3 Å². The normalized spacial score (nSPS) is 12.1. The number of amides is 1. The first-order valence-electron chi connectivity index (χ1n) is 5.01. The number of carbonyl (C=O) groups excluding carboxylic acids is 1. The van der Waals surface area contributed by atoms with Gasteiger partial charge in [0.15, 0.2) is 0 Å². The molecule has 0 atom stereocenters. The minimum absolute atomic E-state index is 0.247. The van der Waals surface area contributed by atoms with Gasteiger partial charge in [0.05, 0.1) is 11.3 Å². The van der Waals surface area contributed by atoms with E-state index in [1.165, 1.54) is 6.07 Å². The van der Waals surface area contributed by atoms with Crippen LogP contribution in [-0.2, 0) is 21.2 Å². The van der Waals surface area contributed by atoms with Crippen molar-refractivity contribution in [3.63, 3.8) is 0 Å². The fourth-order valence-corrected chi connectivity index (χ4v) is 2.35. The third-order valence-electron chi connectivity index (χ3n) is 2.16. The predicted molar refractivity (Wildman–Crippen MR) is 62.5 cm³/mol. The molecule has 1 amide bonds. The van der Waals surface area contributed by atoms with Crippen molar-refractivity contribution >= 4 is 21.8 Å². The summed E-state index contributed by atoms with van der Waals surface area (Å²) in [5, 5.41) is 0. The largest absolute Gasteiger partial charge is 0.416 e. The highest BCUT2D eigenvalue weighted by molar-refractivity contribution is 7.91. The SMILES string of the molecule is CC(=O)NS(=O)(=O)Nc1cccc(C(F)(F)F)c1C. The molecule has 0 aliphatic heterocycles. The van der Waals surface area contributed by atoms with E-state index in [0.717, 1.165) is 26.0 Å². The van der Waals surface area contributed by atoms with Crippen molar-refractivity contribution in [1.82, 2.24) is 4.72 Å².